The van der Waals surface area contributed by atoms with Crippen molar-refractivity contribution < 1.29 is 0 Å². The minimum atomic E-state index is 0.707. The van der Waals surface area contributed by atoms with E-state index in [0.29, 0.717) is 5.92 Å². The standard InChI is InChI=1S/C12H17NS/c1-9(2)14-8-10-7-13-12-6-4-3-5-11(10)12/h3-6,9-10,13H,7-8H2,1-2H3. The maximum absolute atomic E-state index is 3.46. The molecule has 1 aliphatic rings. The molecule has 14 heavy (non-hydrogen) atoms. The summed E-state index contributed by atoms with van der Waals surface area (Å²) in [6, 6.07) is 8.67. The number of nitrogens with one attached hydrogen (secondary N) is 1. The Morgan fingerprint density at radius 3 is 3.00 bits per heavy atom. The van der Waals surface area contributed by atoms with E-state index in [1.165, 1.54) is 17.0 Å². The van der Waals surface area contributed by atoms with Gasteiger partial charge in [0.15, 0.2) is 0 Å². The first kappa shape index (κ1) is 9.91. The van der Waals surface area contributed by atoms with Crippen molar-refractivity contribution in [2.75, 3.05) is 17.6 Å². The molecule has 0 saturated carbocycles. The zero-order valence-corrected chi connectivity index (χ0v) is 9.60. The maximum atomic E-state index is 3.46. The van der Waals surface area contributed by atoms with Gasteiger partial charge in [-0.25, -0.2) is 0 Å². The Morgan fingerprint density at radius 1 is 1.43 bits per heavy atom. The fourth-order valence-corrected chi connectivity index (χ4v) is 2.73. The SMILES string of the molecule is CC(C)SCC1CNc2ccccc21. The minimum absolute atomic E-state index is 0.707. The van der Waals surface area contributed by atoms with E-state index in [4.69, 9.17) is 0 Å². The van der Waals surface area contributed by atoms with E-state index in [1.54, 1.807) is 0 Å². The van der Waals surface area contributed by atoms with E-state index >= 15 is 0 Å². The van der Waals surface area contributed by atoms with Gasteiger partial charge >= 0.3 is 0 Å². The molecule has 0 spiro atoms. The second kappa shape index (κ2) is 4.26. The lowest BCUT2D eigenvalue weighted by molar-refractivity contribution is 0.863. The molecular weight excluding hydrogens is 190 g/mol. The Balaban J connectivity index is 2.03. The predicted molar refractivity (Wildman–Crippen MR) is 65.3 cm³/mol. The highest BCUT2D eigenvalue weighted by Crippen LogP contribution is 2.33. The van der Waals surface area contributed by atoms with Crippen molar-refractivity contribution in [3.05, 3.63) is 29.8 Å². The summed E-state index contributed by atoms with van der Waals surface area (Å²) >= 11 is 2.05. The molecule has 0 fully saturated rings. The number of thioether (sulfide) groups is 1. The van der Waals surface area contributed by atoms with E-state index < -0.39 is 0 Å². The third-order valence-corrected chi connectivity index (χ3v) is 3.83. The number of rotatable bonds is 3. The van der Waals surface area contributed by atoms with Gasteiger partial charge in [-0.15, -0.1) is 0 Å². The third-order valence-electron chi connectivity index (χ3n) is 2.57. The van der Waals surface area contributed by atoms with Gasteiger partial charge in [0.05, 0.1) is 0 Å². The smallest absolute Gasteiger partial charge is 0.0376 e. The molecule has 1 nitrogen and oxygen atoms in total. The highest BCUT2D eigenvalue weighted by Gasteiger charge is 2.21. The molecule has 1 aliphatic heterocycles. The lowest BCUT2D eigenvalue weighted by atomic mass is 10.0. The number of hydrogen-bond acceptors (Lipinski definition) is 2. The summed E-state index contributed by atoms with van der Waals surface area (Å²) in [6.07, 6.45) is 0. The van der Waals surface area contributed by atoms with Crippen LogP contribution in [0.25, 0.3) is 0 Å². The van der Waals surface area contributed by atoms with Crippen LogP contribution in [0.15, 0.2) is 24.3 Å². The molecule has 0 bridgehead atoms. The van der Waals surface area contributed by atoms with E-state index in [1.807, 2.05) is 0 Å². The van der Waals surface area contributed by atoms with Crippen LogP contribution in [0.3, 0.4) is 0 Å². The van der Waals surface area contributed by atoms with E-state index in [2.05, 4.69) is 55.2 Å². The van der Waals surface area contributed by atoms with Crippen LogP contribution < -0.4 is 5.32 Å². The highest BCUT2D eigenvalue weighted by atomic mass is 32.2. The van der Waals surface area contributed by atoms with Crippen LogP contribution in [0, 0.1) is 0 Å². The van der Waals surface area contributed by atoms with Crippen LogP contribution >= 0.6 is 11.8 Å². The Labute approximate surface area is 90.3 Å². The van der Waals surface area contributed by atoms with Crippen molar-refractivity contribution in [2.24, 2.45) is 0 Å². The first-order valence-electron chi connectivity index (χ1n) is 5.22. The number of hydrogen-bond donors (Lipinski definition) is 1. The zero-order valence-electron chi connectivity index (χ0n) is 8.79. The first-order valence-corrected chi connectivity index (χ1v) is 6.26. The first-order chi connectivity index (χ1) is 6.77. The summed E-state index contributed by atoms with van der Waals surface area (Å²) in [6.45, 7) is 5.64. The number of anilines is 1. The molecule has 1 heterocycles. The summed E-state index contributed by atoms with van der Waals surface area (Å²) in [7, 11) is 0. The summed E-state index contributed by atoms with van der Waals surface area (Å²) in [4.78, 5) is 0. The van der Waals surface area contributed by atoms with Crippen LogP contribution in [-0.2, 0) is 0 Å². The van der Waals surface area contributed by atoms with Crippen molar-refractivity contribution in [3.8, 4) is 0 Å². The van der Waals surface area contributed by atoms with Gasteiger partial charge in [0.25, 0.3) is 0 Å². The topological polar surface area (TPSA) is 12.0 Å². The van der Waals surface area contributed by atoms with Crippen LogP contribution in [0.2, 0.25) is 0 Å². The van der Waals surface area contributed by atoms with Gasteiger partial charge in [0.2, 0.25) is 0 Å². The molecule has 1 aromatic carbocycles. The Kier molecular flexibility index (Phi) is 3.02. The van der Waals surface area contributed by atoms with Gasteiger partial charge in [-0.1, -0.05) is 32.0 Å². The number of benzene rings is 1. The Hall–Kier alpha value is -0.630. The lowest BCUT2D eigenvalue weighted by Crippen LogP contribution is -2.06. The summed E-state index contributed by atoms with van der Waals surface area (Å²) in [5.74, 6) is 1.94. The molecule has 2 rings (SSSR count). The molecule has 1 aromatic rings. The summed E-state index contributed by atoms with van der Waals surface area (Å²) in [5.41, 5.74) is 2.84. The number of para-hydroxylation sites is 1. The Morgan fingerprint density at radius 2 is 2.21 bits per heavy atom. The van der Waals surface area contributed by atoms with E-state index in [-0.39, 0.29) is 0 Å². The van der Waals surface area contributed by atoms with Crippen LogP contribution in [0.5, 0.6) is 0 Å². The van der Waals surface area contributed by atoms with Gasteiger partial charge in [0.1, 0.15) is 0 Å². The van der Waals surface area contributed by atoms with E-state index in [9.17, 15) is 0 Å². The summed E-state index contributed by atoms with van der Waals surface area (Å²) < 4.78 is 0. The third kappa shape index (κ3) is 2.06. The lowest BCUT2D eigenvalue weighted by Gasteiger charge is -2.11. The fraction of sp³-hybridized carbons (Fsp3) is 0.500. The minimum Gasteiger partial charge on any atom is -0.384 e. The fourth-order valence-electron chi connectivity index (χ4n) is 1.81. The maximum Gasteiger partial charge on any atom is 0.0376 e. The van der Waals surface area contributed by atoms with Crippen molar-refractivity contribution in [1.29, 1.82) is 0 Å². The Bertz CT molecular complexity index is 309. The van der Waals surface area contributed by atoms with Crippen LogP contribution in [0.1, 0.15) is 25.3 Å². The molecule has 1 atom stereocenters. The van der Waals surface area contributed by atoms with Crippen LogP contribution in [-0.4, -0.2) is 17.5 Å². The molecule has 76 valence electrons. The number of fused-ring (bicyclic) bond motifs is 1. The van der Waals surface area contributed by atoms with Gasteiger partial charge in [0, 0.05) is 23.9 Å². The molecule has 0 saturated heterocycles. The molecule has 0 aliphatic carbocycles. The largest absolute Gasteiger partial charge is 0.384 e. The second-order valence-electron chi connectivity index (χ2n) is 4.05. The van der Waals surface area contributed by atoms with Gasteiger partial charge in [-0.05, 0) is 16.9 Å². The normalized spacial score (nSPS) is 19.5. The average molecular weight is 207 g/mol. The van der Waals surface area contributed by atoms with Crippen LogP contribution in [0.4, 0.5) is 5.69 Å². The van der Waals surface area contributed by atoms with Crippen molar-refractivity contribution in [1.82, 2.24) is 0 Å². The van der Waals surface area contributed by atoms with Crippen molar-refractivity contribution in [2.45, 2.75) is 25.0 Å². The molecule has 1 unspecified atom stereocenters. The highest BCUT2D eigenvalue weighted by molar-refractivity contribution is 7.99. The quantitative estimate of drug-likeness (QED) is 0.816. The van der Waals surface area contributed by atoms with Crippen molar-refractivity contribution >= 4 is 17.4 Å². The molecule has 0 radical (unpaired) electrons. The second-order valence-corrected chi connectivity index (χ2v) is 5.66. The molecule has 1 N–H and O–H groups in total. The molecule has 2 heteroatoms. The average Bonchev–Trinajstić information content (AvgIpc) is 2.58. The predicted octanol–water partition coefficient (Wildman–Crippen LogP) is 3.34. The van der Waals surface area contributed by atoms with Gasteiger partial charge in [-0.2, -0.15) is 11.8 Å². The molecular formula is C12H17NS. The molecule has 0 aromatic heterocycles. The van der Waals surface area contributed by atoms with Crippen molar-refractivity contribution in [3.63, 3.8) is 0 Å². The summed E-state index contributed by atoms with van der Waals surface area (Å²) in [5, 5.41) is 4.20. The van der Waals surface area contributed by atoms with E-state index in [0.717, 1.165) is 11.8 Å². The van der Waals surface area contributed by atoms with Gasteiger partial charge in [-0.3, -0.25) is 0 Å². The molecule has 0 amide bonds. The van der Waals surface area contributed by atoms with Gasteiger partial charge < -0.3 is 5.32 Å². The zero-order chi connectivity index (χ0) is 9.97. The monoisotopic (exact) mass is 207 g/mol.